The number of alkyl halides is 3. The Morgan fingerprint density at radius 3 is 2.13 bits per heavy atom. The zero-order chi connectivity index (χ0) is 22.3. The Morgan fingerprint density at radius 2 is 1.60 bits per heavy atom. The maximum atomic E-state index is 13.2. The van der Waals surface area contributed by atoms with Crippen LogP contribution in [-0.2, 0) is 31.4 Å². The van der Waals surface area contributed by atoms with Crippen LogP contribution in [0.15, 0.2) is 48.5 Å². The first kappa shape index (κ1) is 23.4. The van der Waals surface area contributed by atoms with Crippen molar-refractivity contribution in [2.75, 3.05) is 21.3 Å². The van der Waals surface area contributed by atoms with E-state index in [9.17, 15) is 22.8 Å². The molecule has 1 amide bonds. The summed E-state index contributed by atoms with van der Waals surface area (Å²) in [6.45, 7) is 0. The molecule has 0 bridgehead atoms. The standard InChI is InChI=1S/C20H21BF3NO5/c1-28-19(27)17(12-13-8-10-14(11-9-13)21(29-2)30-3)25-18(26)15-6-4-5-7-16(15)20(22,23)24/h4-11,17H,12H2,1-3H3,(H,25,26)/t17-/m0/s1. The van der Waals surface area contributed by atoms with Crippen LogP contribution in [0.4, 0.5) is 13.2 Å². The molecule has 2 aromatic carbocycles. The first-order valence-electron chi connectivity index (χ1n) is 8.90. The van der Waals surface area contributed by atoms with Crippen molar-refractivity contribution in [2.24, 2.45) is 0 Å². The largest absolute Gasteiger partial charge is 0.493 e. The third kappa shape index (κ3) is 5.83. The van der Waals surface area contributed by atoms with Gasteiger partial charge < -0.3 is 19.4 Å². The highest BCUT2D eigenvalue weighted by Gasteiger charge is 2.35. The van der Waals surface area contributed by atoms with E-state index in [4.69, 9.17) is 14.0 Å². The minimum absolute atomic E-state index is 0.0253. The van der Waals surface area contributed by atoms with Gasteiger partial charge in [0.05, 0.1) is 18.2 Å². The van der Waals surface area contributed by atoms with Gasteiger partial charge >= 0.3 is 19.3 Å². The molecule has 0 aliphatic heterocycles. The van der Waals surface area contributed by atoms with Crippen molar-refractivity contribution in [3.8, 4) is 0 Å². The highest BCUT2D eigenvalue weighted by Crippen LogP contribution is 2.31. The summed E-state index contributed by atoms with van der Waals surface area (Å²) in [6, 6.07) is 10.0. The molecule has 10 heteroatoms. The second-order valence-corrected chi connectivity index (χ2v) is 6.34. The fourth-order valence-electron chi connectivity index (χ4n) is 2.91. The molecule has 160 valence electrons. The van der Waals surface area contributed by atoms with Gasteiger partial charge in [-0.3, -0.25) is 4.79 Å². The van der Waals surface area contributed by atoms with Crippen molar-refractivity contribution in [1.29, 1.82) is 0 Å². The molecule has 2 aromatic rings. The van der Waals surface area contributed by atoms with E-state index in [1.54, 1.807) is 24.3 Å². The average Bonchev–Trinajstić information content (AvgIpc) is 2.74. The fraction of sp³-hybridized carbons (Fsp3) is 0.300. The van der Waals surface area contributed by atoms with Crippen LogP contribution in [0.3, 0.4) is 0 Å². The highest BCUT2D eigenvalue weighted by atomic mass is 19.4. The summed E-state index contributed by atoms with van der Waals surface area (Å²) in [7, 11) is 3.55. The normalized spacial score (nSPS) is 12.2. The lowest BCUT2D eigenvalue weighted by Gasteiger charge is -2.19. The summed E-state index contributed by atoms with van der Waals surface area (Å²) < 4.78 is 54.6. The summed E-state index contributed by atoms with van der Waals surface area (Å²) in [5, 5.41) is 2.34. The minimum atomic E-state index is -4.70. The maximum absolute atomic E-state index is 13.2. The highest BCUT2D eigenvalue weighted by molar-refractivity contribution is 6.61. The Kier molecular flexibility index (Phi) is 8.02. The first-order chi connectivity index (χ1) is 14.2. The van der Waals surface area contributed by atoms with Crippen molar-refractivity contribution in [3.63, 3.8) is 0 Å². The van der Waals surface area contributed by atoms with E-state index in [-0.39, 0.29) is 6.42 Å². The van der Waals surface area contributed by atoms with Crippen LogP contribution in [0, 0.1) is 0 Å². The van der Waals surface area contributed by atoms with Crippen LogP contribution >= 0.6 is 0 Å². The Balaban J connectivity index is 2.22. The van der Waals surface area contributed by atoms with Crippen LogP contribution in [-0.4, -0.2) is 46.4 Å². The topological polar surface area (TPSA) is 73.9 Å². The molecule has 30 heavy (non-hydrogen) atoms. The number of benzene rings is 2. The SMILES string of the molecule is COB(OC)c1ccc(C[C@H](NC(=O)c2ccccc2C(F)(F)F)C(=O)OC)cc1. The van der Waals surface area contributed by atoms with Gasteiger partial charge in [0, 0.05) is 20.6 Å². The molecular weight excluding hydrogens is 402 g/mol. The van der Waals surface area contributed by atoms with Gasteiger partial charge in [-0.25, -0.2) is 4.79 Å². The number of hydrogen-bond donors (Lipinski definition) is 1. The quantitative estimate of drug-likeness (QED) is 0.521. The van der Waals surface area contributed by atoms with E-state index in [1.165, 1.54) is 26.4 Å². The summed E-state index contributed by atoms with van der Waals surface area (Å²) in [4.78, 5) is 24.6. The number of methoxy groups -OCH3 is 1. The molecule has 0 fully saturated rings. The Bertz CT molecular complexity index is 869. The number of amides is 1. The lowest BCUT2D eigenvalue weighted by atomic mass is 9.78. The van der Waals surface area contributed by atoms with Crippen molar-refractivity contribution in [2.45, 2.75) is 18.6 Å². The number of ether oxygens (including phenoxy) is 1. The molecule has 0 heterocycles. The molecule has 0 saturated heterocycles. The third-order valence-corrected chi connectivity index (χ3v) is 4.39. The number of halogens is 3. The molecule has 6 nitrogen and oxygen atoms in total. The van der Waals surface area contributed by atoms with Crippen LogP contribution in [0.1, 0.15) is 21.5 Å². The Morgan fingerprint density at radius 1 is 1.00 bits per heavy atom. The van der Waals surface area contributed by atoms with E-state index < -0.39 is 42.3 Å². The van der Waals surface area contributed by atoms with Gasteiger partial charge in [-0.1, -0.05) is 36.4 Å². The Labute approximate surface area is 172 Å². The van der Waals surface area contributed by atoms with Gasteiger partial charge in [-0.05, 0) is 23.2 Å². The number of nitrogens with one attached hydrogen (secondary N) is 1. The van der Waals surface area contributed by atoms with Crippen LogP contribution in [0.5, 0.6) is 0 Å². The average molecular weight is 423 g/mol. The zero-order valence-electron chi connectivity index (χ0n) is 16.7. The van der Waals surface area contributed by atoms with Crippen molar-refractivity contribution in [1.82, 2.24) is 5.32 Å². The van der Waals surface area contributed by atoms with Crippen molar-refractivity contribution < 1.29 is 36.8 Å². The van der Waals surface area contributed by atoms with Crippen LogP contribution < -0.4 is 10.8 Å². The van der Waals surface area contributed by atoms with Crippen LogP contribution in [0.25, 0.3) is 0 Å². The lowest BCUT2D eigenvalue weighted by Crippen LogP contribution is -2.43. The molecule has 0 spiro atoms. The summed E-state index contributed by atoms with van der Waals surface area (Å²) in [5.74, 6) is -1.79. The van der Waals surface area contributed by atoms with Gasteiger partial charge in [-0.15, -0.1) is 0 Å². The lowest BCUT2D eigenvalue weighted by molar-refractivity contribution is -0.142. The fourth-order valence-corrected chi connectivity index (χ4v) is 2.91. The molecule has 1 N–H and O–H groups in total. The number of esters is 1. The summed E-state index contributed by atoms with van der Waals surface area (Å²) in [5.41, 5.74) is -0.260. The van der Waals surface area contributed by atoms with Gasteiger partial charge in [-0.2, -0.15) is 13.2 Å². The molecule has 0 aliphatic carbocycles. The third-order valence-electron chi connectivity index (χ3n) is 4.39. The second-order valence-electron chi connectivity index (χ2n) is 6.34. The smallest absolute Gasteiger partial charge is 0.467 e. The second kappa shape index (κ2) is 10.3. The predicted molar refractivity (Wildman–Crippen MR) is 104 cm³/mol. The zero-order valence-corrected chi connectivity index (χ0v) is 16.7. The minimum Gasteiger partial charge on any atom is -0.467 e. The van der Waals surface area contributed by atoms with E-state index in [0.717, 1.165) is 24.7 Å². The molecule has 0 aliphatic rings. The molecular formula is C20H21BF3NO5. The molecule has 0 unspecified atom stereocenters. The number of hydrogen-bond acceptors (Lipinski definition) is 5. The number of rotatable bonds is 8. The van der Waals surface area contributed by atoms with Gasteiger partial charge in [0.2, 0.25) is 0 Å². The van der Waals surface area contributed by atoms with E-state index in [0.29, 0.717) is 5.56 Å². The molecule has 0 saturated carbocycles. The first-order valence-corrected chi connectivity index (χ1v) is 8.90. The molecule has 2 rings (SSSR count). The van der Waals surface area contributed by atoms with Gasteiger partial charge in [0.25, 0.3) is 5.91 Å². The molecule has 0 aromatic heterocycles. The monoisotopic (exact) mass is 423 g/mol. The van der Waals surface area contributed by atoms with Crippen molar-refractivity contribution in [3.05, 3.63) is 65.2 Å². The Hall–Kier alpha value is -2.85. The summed E-state index contributed by atoms with van der Waals surface area (Å²) >= 11 is 0. The van der Waals surface area contributed by atoms with Gasteiger partial charge in [0.1, 0.15) is 6.04 Å². The summed E-state index contributed by atoms with van der Waals surface area (Å²) in [6.07, 6.45) is -4.68. The predicted octanol–water partition coefficient (Wildman–Crippen LogP) is 2.21. The number of carbonyl (C=O) groups excluding carboxylic acids is 2. The van der Waals surface area contributed by atoms with E-state index in [1.807, 2.05) is 0 Å². The van der Waals surface area contributed by atoms with Crippen molar-refractivity contribution >= 4 is 24.5 Å². The van der Waals surface area contributed by atoms with E-state index >= 15 is 0 Å². The van der Waals surface area contributed by atoms with Crippen LogP contribution in [0.2, 0.25) is 0 Å². The molecule has 1 atom stereocenters. The van der Waals surface area contributed by atoms with Gasteiger partial charge in [0.15, 0.2) is 0 Å². The van der Waals surface area contributed by atoms with E-state index in [2.05, 4.69) is 5.32 Å². The number of carbonyl (C=O) groups is 2. The maximum Gasteiger partial charge on any atom is 0.493 e. The molecule has 0 radical (unpaired) electrons.